The van der Waals surface area contributed by atoms with Crippen LogP contribution in [-0.4, -0.2) is 68.4 Å². The summed E-state index contributed by atoms with van der Waals surface area (Å²) in [5.41, 5.74) is 3.91. The molecule has 0 spiro atoms. The summed E-state index contributed by atoms with van der Waals surface area (Å²) in [4.78, 5) is 32.7. The Morgan fingerprint density at radius 3 is 2.68 bits per heavy atom. The molecular formula is C22H29N5O4. The van der Waals surface area contributed by atoms with Gasteiger partial charge < -0.3 is 24.7 Å². The van der Waals surface area contributed by atoms with Crippen LogP contribution in [0.3, 0.4) is 0 Å². The zero-order valence-corrected chi connectivity index (χ0v) is 18.2. The Kier molecular flexibility index (Phi) is 6.89. The minimum atomic E-state index is -1.10. The second-order valence-electron chi connectivity index (χ2n) is 8.05. The van der Waals surface area contributed by atoms with E-state index in [1.165, 1.54) is 6.92 Å². The first-order chi connectivity index (χ1) is 14.7. The van der Waals surface area contributed by atoms with E-state index in [9.17, 15) is 19.8 Å². The highest BCUT2D eigenvalue weighted by Crippen LogP contribution is 2.25. The molecule has 0 bridgehead atoms. The highest BCUT2D eigenvalue weighted by Gasteiger charge is 2.22. The minimum absolute atomic E-state index is 0.126. The van der Waals surface area contributed by atoms with E-state index in [1.54, 1.807) is 13.1 Å². The van der Waals surface area contributed by atoms with Gasteiger partial charge >= 0.3 is 5.97 Å². The van der Waals surface area contributed by atoms with Crippen molar-refractivity contribution >= 4 is 17.0 Å². The number of H-pyrrole nitrogens is 1. The Bertz CT molecular complexity index is 1130. The number of aliphatic carboxylic acids is 1. The zero-order valence-electron chi connectivity index (χ0n) is 18.2. The van der Waals surface area contributed by atoms with E-state index in [0.29, 0.717) is 5.56 Å². The van der Waals surface area contributed by atoms with Crippen molar-refractivity contribution < 1.29 is 15.0 Å². The number of fused-ring (bicyclic) bond motifs is 1. The van der Waals surface area contributed by atoms with Crippen LogP contribution < -0.4 is 10.9 Å². The lowest BCUT2D eigenvalue weighted by Gasteiger charge is -2.17. The van der Waals surface area contributed by atoms with Gasteiger partial charge in [-0.25, -0.2) is 4.98 Å². The van der Waals surface area contributed by atoms with Gasteiger partial charge in [0.15, 0.2) is 0 Å². The standard InChI is InChI=1S/C22H29N5O4/c1-13-9-16(12-24-21(13)29)20-25-17-10-15(11-23-19(14(2)28)22(30)31)5-6-18(17)27(20)8-7-26(3)4/h5-6,9-10,12,14,19,23,28H,7-8,11H2,1-4H3,(H,24,29)(H,30,31). The third-order valence-electron chi connectivity index (χ3n) is 5.21. The van der Waals surface area contributed by atoms with Crippen LogP contribution in [-0.2, 0) is 17.9 Å². The molecule has 2 heterocycles. The van der Waals surface area contributed by atoms with Crippen LogP contribution >= 0.6 is 0 Å². The summed E-state index contributed by atoms with van der Waals surface area (Å²) in [5.74, 6) is -0.339. The molecule has 3 rings (SSSR count). The van der Waals surface area contributed by atoms with E-state index in [0.717, 1.165) is 41.1 Å². The molecule has 0 amide bonds. The number of carboxylic acid groups (broad SMARTS) is 1. The van der Waals surface area contributed by atoms with Crippen LogP contribution in [0.25, 0.3) is 22.4 Å². The number of hydrogen-bond donors (Lipinski definition) is 4. The number of aromatic amines is 1. The Hall–Kier alpha value is -3.01. The number of likely N-dealkylation sites (N-methyl/N-ethyl adjacent to an activating group) is 1. The summed E-state index contributed by atoms with van der Waals surface area (Å²) >= 11 is 0. The zero-order chi connectivity index (χ0) is 22.7. The monoisotopic (exact) mass is 427 g/mol. The molecule has 166 valence electrons. The first-order valence-corrected chi connectivity index (χ1v) is 10.1. The molecule has 0 radical (unpaired) electrons. The highest BCUT2D eigenvalue weighted by molar-refractivity contribution is 5.81. The van der Waals surface area contributed by atoms with Crippen molar-refractivity contribution in [3.05, 3.63) is 51.9 Å². The van der Waals surface area contributed by atoms with Crippen LogP contribution in [0.4, 0.5) is 0 Å². The number of nitrogens with one attached hydrogen (secondary N) is 2. The van der Waals surface area contributed by atoms with E-state index < -0.39 is 18.1 Å². The van der Waals surface area contributed by atoms with Crippen LogP contribution in [0.2, 0.25) is 0 Å². The summed E-state index contributed by atoms with van der Waals surface area (Å²) in [7, 11) is 4.02. The molecule has 2 unspecified atom stereocenters. The highest BCUT2D eigenvalue weighted by atomic mass is 16.4. The number of imidazole rings is 1. The fourth-order valence-electron chi connectivity index (χ4n) is 3.45. The summed E-state index contributed by atoms with van der Waals surface area (Å²) in [6, 6.07) is 6.58. The van der Waals surface area contributed by atoms with Crippen molar-refractivity contribution in [3.63, 3.8) is 0 Å². The largest absolute Gasteiger partial charge is 0.480 e. The summed E-state index contributed by atoms with van der Waals surface area (Å²) in [5, 5.41) is 21.8. The minimum Gasteiger partial charge on any atom is -0.480 e. The van der Waals surface area contributed by atoms with Gasteiger partial charge in [0.05, 0.1) is 17.1 Å². The number of benzene rings is 1. The lowest BCUT2D eigenvalue weighted by Crippen LogP contribution is -2.44. The number of carbonyl (C=O) groups is 1. The maximum Gasteiger partial charge on any atom is 0.323 e. The summed E-state index contributed by atoms with van der Waals surface area (Å²) < 4.78 is 2.12. The topological polar surface area (TPSA) is 123 Å². The van der Waals surface area contributed by atoms with Gasteiger partial charge in [0, 0.05) is 37.0 Å². The molecule has 31 heavy (non-hydrogen) atoms. The molecular weight excluding hydrogens is 398 g/mol. The average Bonchev–Trinajstić information content (AvgIpc) is 3.05. The van der Waals surface area contributed by atoms with E-state index in [-0.39, 0.29) is 12.1 Å². The molecule has 9 nitrogen and oxygen atoms in total. The van der Waals surface area contributed by atoms with Gasteiger partial charge in [-0.1, -0.05) is 6.07 Å². The number of hydrogen-bond acceptors (Lipinski definition) is 6. The van der Waals surface area contributed by atoms with Crippen LogP contribution in [0, 0.1) is 6.92 Å². The summed E-state index contributed by atoms with van der Waals surface area (Å²) in [6.45, 7) is 5.03. The van der Waals surface area contributed by atoms with E-state index in [1.807, 2.05) is 38.4 Å². The second-order valence-corrected chi connectivity index (χ2v) is 8.05. The van der Waals surface area contributed by atoms with Gasteiger partial charge in [-0.3, -0.25) is 14.9 Å². The number of aliphatic hydroxyl groups excluding tert-OH is 1. The number of rotatable bonds is 9. The number of aromatic nitrogens is 3. The van der Waals surface area contributed by atoms with Gasteiger partial charge in [0.2, 0.25) is 0 Å². The Morgan fingerprint density at radius 1 is 1.32 bits per heavy atom. The SMILES string of the molecule is Cc1cc(-c2nc3cc(CNC(C(=O)O)C(C)O)ccc3n2CCN(C)C)c[nH]c1=O. The van der Waals surface area contributed by atoms with Crippen LogP contribution in [0.5, 0.6) is 0 Å². The van der Waals surface area contributed by atoms with Crippen molar-refractivity contribution in [3.8, 4) is 11.4 Å². The molecule has 0 aliphatic heterocycles. The lowest BCUT2D eigenvalue weighted by atomic mass is 10.1. The quantitative estimate of drug-likeness (QED) is 0.404. The second kappa shape index (κ2) is 9.42. The predicted molar refractivity (Wildman–Crippen MR) is 119 cm³/mol. The average molecular weight is 428 g/mol. The van der Waals surface area contributed by atoms with Crippen LogP contribution in [0.1, 0.15) is 18.1 Å². The molecule has 0 fully saturated rings. The molecule has 0 saturated carbocycles. The number of nitrogens with zero attached hydrogens (tertiary/aromatic N) is 3. The Balaban J connectivity index is 1.99. The van der Waals surface area contributed by atoms with Crippen molar-refractivity contribution in [2.24, 2.45) is 0 Å². The van der Waals surface area contributed by atoms with Crippen molar-refractivity contribution in [2.45, 2.75) is 39.1 Å². The molecule has 3 aromatic rings. The van der Waals surface area contributed by atoms with Gasteiger partial charge in [-0.15, -0.1) is 0 Å². The fraction of sp³-hybridized carbons (Fsp3) is 0.409. The van der Waals surface area contributed by atoms with Gasteiger partial charge in [0.1, 0.15) is 11.9 Å². The number of aryl methyl sites for hydroxylation is 1. The Labute approximate surface area is 180 Å². The number of aliphatic hydroxyl groups is 1. The molecule has 4 N–H and O–H groups in total. The van der Waals surface area contributed by atoms with E-state index in [2.05, 4.69) is 19.8 Å². The molecule has 9 heteroatoms. The third-order valence-corrected chi connectivity index (χ3v) is 5.21. The van der Waals surface area contributed by atoms with Gasteiger partial charge in [0.25, 0.3) is 5.56 Å². The molecule has 0 aliphatic carbocycles. The number of carboxylic acids is 1. The normalized spacial score (nSPS) is 13.6. The lowest BCUT2D eigenvalue weighted by molar-refractivity contribution is -0.142. The maximum absolute atomic E-state index is 11.8. The van der Waals surface area contributed by atoms with E-state index >= 15 is 0 Å². The van der Waals surface area contributed by atoms with Crippen LogP contribution in [0.15, 0.2) is 35.3 Å². The first-order valence-electron chi connectivity index (χ1n) is 10.1. The van der Waals surface area contributed by atoms with Crippen molar-refractivity contribution in [1.29, 1.82) is 0 Å². The van der Waals surface area contributed by atoms with Gasteiger partial charge in [-0.05, 0) is 51.7 Å². The van der Waals surface area contributed by atoms with Gasteiger partial charge in [-0.2, -0.15) is 0 Å². The predicted octanol–water partition coefficient (Wildman–Crippen LogP) is 1.19. The smallest absolute Gasteiger partial charge is 0.323 e. The molecule has 0 saturated heterocycles. The molecule has 0 aliphatic rings. The maximum atomic E-state index is 11.8. The first kappa shape index (κ1) is 22.7. The molecule has 2 aromatic heterocycles. The van der Waals surface area contributed by atoms with Crippen molar-refractivity contribution in [1.82, 2.24) is 24.8 Å². The third kappa shape index (κ3) is 5.19. The molecule has 2 atom stereocenters. The molecule has 1 aromatic carbocycles. The van der Waals surface area contributed by atoms with Crippen molar-refractivity contribution in [2.75, 3.05) is 20.6 Å². The number of pyridine rings is 1. The fourth-order valence-corrected chi connectivity index (χ4v) is 3.45. The summed E-state index contributed by atoms with van der Waals surface area (Å²) in [6.07, 6.45) is 0.659. The Morgan fingerprint density at radius 2 is 2.06 bits per heavy atom. The van der Waals surface area contributed by atoms with E-state index in [4.69, 9.17) is 4.98 Å².